The molecule has 0 fully saturated rings. The number of amides is 1. The maximum absolute atomic E-state index is 11.6. The number of H-pyrrole nitrogens is 1. The van der Waals surface area contributed by atoms with E-state index >= 15 is 0 Å². The molecule has 1 aliphatic rings. The number of rotatable bonds is 1. The van der Waals surface area contributed by atoms with Gasteiger partial charge in [0.15, 0.2) is 0 Å². The normalized spacial score (nSPS) is 17.7. The molecular formula is C13H10N4O. The van der Waals surface area contributed by atoms with Gasteiger partial charge in [0.05, 0.1) is 17.8 Å². The van der Waals surface area contributed by atoms with Gasteiger partial charge in [0.2, 0.25) is 5.91 Å². The van der Waals surface area contributed by atoms with Gasteiger partial charge in [-0.2, -0.15) is 10.4 Å². The molecule has 1 aromatic carbocycles. The number of nitrogens with zero attached hydrogens (tertiary/aromatic N) is 2. The minimum atomic E-state index is -0.0268. The van der Waals surface area contributed by atoms with E-state index in [1.807, 2.05) is 12.1 Å². The summed E-state index contributed by atoms with van der Waals surface area (Å²) in [4.78, 5) is 11.6. The van der Waals surface area contributed by atoms with E-state index in [1.165, 1.54) is 0 Å². The maximum Gasteiger partial charge on any atom is 0.226 e. The summed E-state index contributed by atoms with van der Waals surface area (Å²) in [6.07, 6.45) is 2.13. The molecule has 0 spiro atoms. The third-order valence-electron chi connectivity index (χ3n) is 3.14. The number of carbonyl (C=O) groups is 1. The first-order valence-electron chi connectivity index (χ1n) is 5.61. The molecule has 0 saturated carbocycles. The quantitative estimate of drug-likeness (QED) is 0.794. The second kappa shape index (κ2) is 4.00. The summed E-state index contributed by atoms with van der Waals surface area (Å²) < 4.78 is 0. The van der Waals surface area contributed by atoms with Crippen molar-refractivity contribution in [3.63, 3.8) is 0 Å². The number of anilines is 1. The number of aromatic amines is 1. The number of aromatic nitrogens is 2. The van der Waals surface area contributed by atoms with Crippen molar-refractivity contribution in [3.8, 4) is 6.07 Å². The van der Waals surface area contributed by atoms with Crippen molar-refractivity contribution in [3.05, 3.63) is 47.2 Å². The average Bonchev–Trinajstić information content (AvgIpc) is 2.86. The molecule has 1 amide bonds. The van der Waals surface area contributed by atoms with Crippen molar-refractivity contribution < 1.29 is 4.79 Å². The minimum Gasteiger partial charge on any atom is -0.311 e. The number of fused-ring (bicyclic) bond motifs is 1. The third kappa shape index (κ3) is 1.64. The Kier molecular flexibility index (Phi) is 2.34. The van der Waals surface area contributed by atoms with E-state index in [4.69, 9.17) is 5.26 Å². The zero-order valence-electron chi connectivity index (χ0n) is 9.47. The van der Waals surface area contributed by atoms with Gasteiger partial charge in [-0.25, -0.2) is 0 Å². The number of nitriles is 1. The molecule has 1 atom stereocenters. The molecule has 2 aromatic rings. The molecule has 1 aliphatic heterocycles. The molecule has 0 aliphatic carbocycles. The van der Waals surface area contributed by atoms with Crippen LogP contribution in [0.25, 0.3) is 0 Å². The van der Waals surface area contributed by atoms with Gasteiger partial charge in [-0.05, 0) is 17.7 Å². The van der Waals surface area contributed by atoms with E-state index in [0.29, 0.717) is 17.8 Å². The molecule has 2 heterocycles. The molecule has 5 heteroatoms. The van der Waals surface area contributed by atoms with Gasteiger partial charge in [-0.1, -0.05) is 12.1 Å². The average molecular weight is 238 g/mol. The van der Waals surface area contributed by atoms with E-state index in [2.05, 4.69) is 21.6 Å². The van der Waals surface area contributed by atoms with E-state index in [1.54, 1.807) is 18.3 Å². The van der Waals surface area contributed by atoms with Gasteiger partial charge in [-0.15, -0.1) is 0 Å². The van der Waals surface area contributed by atoms with Gasteiger partial charge in [0.25, 0.3) is 0 Å². The largest absolute Gasteiger partial charge is 0.311 e. The number of nitrogens with one attached hydrogen (secondary N) is 2. The second-order valence-electron chi connectivity index (χ2n) is 4.24. The summed E-state index contributed by atoms with van der Waals surface area (Å²) in [5, 5.41) is 18.3. The molecular weight excluding hydrogens is 228 g/mol. The predicted molar refractivity (Wildman–Crippen MR) is 64.8 cm³/mol. The standard InChI is InChI=1S/C13H10N4O/c14-6-8-1-3-9(4-2-8)10-5-12(18)16-13-11(10)7-15-17-13/h1-4,7,10H,5H2,(H2,15,16,17,18)/t10-/m0/s1. The maximum atomic E-state index is 11.6. The molecule has 18 heavy (non-hydrogen) atoms. The lowest BCUT2D eigenvalue weighted by Crippen LogP contribution is -2.22. The Balaban J connectivity index is 2.02. The zero-order valence-corrected chi connectivity index (χ0v) is 9.47. The zero-order chi connectivity index (χ0) is 12.5. The molecule has 88 valence electrons. The molecule has 0 radical (unpaired) electrons. The first kappa shape index (κ1) is 10.5. The van der Waals surface area contributed by atoms with Crippen LogP contribution in [0.5, 0.6) is 0 Å². The van der Waals surface area contributed by atoms with Gasteiger partial charge in [-0.3, -0.25) is 9.89 Å². The summed E-state index contributed by atoms with van der Waals surface area (Å²) in [6, 6.07) is 9.39. The Labute approximate surface area is 103 Å². The van der Waals surface area contributed by atoms with Crippen LogP contribution < -0.4 is 5.32 Å². The van der Waals surface area contributed by atoms with Crippen LogP contribution in [0.15, 0.2) is 30.5 Å². The number of benzene rings is 1. The van der Waals surface area contributed by atoms with Crippen molar-refractivity contribution in [2.45, 2.75) is 12.3 Å². The van der Waals surface area contributed by atoms with Crippen LogP contribution in [-0.2, 0) is 4.79 Å². The Morgan fingerprint density at radius 3 is 2.83 bits per heavy atom. The Morgan fingerprint density at radius 2 is 2.11 bits per heavy atom. The molecule has 5 nitrogen and oxygen atoms in total. The van der Waals surface area contributed by atoms with Gasteiger partial charge in [0, 0.05) is 17.9 Å². The van der Waals surface area contributed by atoms with Gasteiger partial charge in [0.1, 0.15) is 5.82 Å². The lowest BCUT2D eigenvalue weighted by Gasteiger charge is -2.22. The van der Waals surface area contributed by atoms with Crippen LogP contribution in [0.2, 0.25) is 0 Å². The van der Waals surface area contributed by atoms with Gasteiger partial charge < -0.3 is 5.32 Å². The molecule has 0 saturated heterocycles. The summed E-state index contributed by atoms with van der Waals surface area (Å²) in [7, 11) is 0. The van der Waals surface area contributed by atoms with Crippen LogP contribution >= 0.6 is 0 Å². The van der Waals surface area contributed by atoms with E-state index in [9.17, 15) is 4.79 Å². The van der Waals surface area contributed by atoms with Gasteiger partial charge >= 0.3 is 0 Å². The van der Waals surface area contributed by atoms with E-state index in [0.717, 1.165) is 11.1 Å². The number of hydrogen-bond acceptors (Lipinski definition) is 3. The highest BCUT2D eigenvalue weighted by atomic mass is 16.1. The second-order valence-corrected chi connectivity index (χ2v) is 4.24. The fourth-order valence-electron chi connectivity index (χ4n) is 2.23. The minimum absolute atomic E-state index is 0.000225. The third-order valence-corrected chi connectivity index (χ3v) is 3.14. The monoisotopic (exact) mass is 238 g/mol. The van der Waals surface area contributed by atoms with Crippen molar-refractivity contribution in [1.29, 1.82) is 5.26 Å². The number of hydrogen-bond donors (Lipinski definition) is 2. The summed E-state index contributed by atoms with van der Waals surface area (Å²) >= 11 is 0. The number of carbonyl (C=O) groups excluding carboxylic acids is 1. The van der Waals surface area contributed by atoms with Crippen LogP contribution in [0.3, 0.4) is 0 Å². The molecule has 2 N–H and O–H groups in total. The summed E-state index contributed by atoms with van der Waals surface area (Å²) in [5.41, 5.74) is 2.62. The predicted octanol–water partition coefficient (Wildman–Crippen LogP) is 1.76. The first-order valence-corrected chi connectivity index (χ1v) is 5.61. The Bertz CT molecular complexity index is 636. The highest BCUT2D eigenvalue weighted by molar-refractivity contribution is 5.94. The van der Waals surface area contributed by atoms with Crippen LogP contribution in [0, 0.1) is 11.3 Å². The van der Waals surface area contributed by atoms with Crippen molar-refractivity contribution in [2.24, 2.45) is 0 Å². The van der Waals surface area contributed by atoms with Crippen molar-refractivity contribution in [2.75, 3.05) is 5.32 Å². The molecule has 1 aromatic heterocycles. The lowest BCUT2D eigenvalue weighted by atomic mass is 9.87. The topological polar surface area (TPSA) is 81.6 Å². The smallest absolute Gasteiger partial charge is 0.226 e. The lowest BCUT2D eigenvalue weighted by molar-refractivity contribution is -0.116. The Hall–Kier alpha value is -2.61. The van der Waals surface area contributed by atoms with Crippen LogP contribution in [0.1, 0.15) is 29.0 Å². The molecule has 0 bridgehead atoms. The summed E-state index contributed by atoms with van der Waals surface area (Å²) in [5.74, 6) is 0.641. The Morgan fingerprint density at radius 1 is 1.33 bits per heavy atom. The van der Waals surface area contributed by atoms with Crippen molar-refractivity contribution in [1.82, 2.24) is 10.2 Å². The fourth-order valence-corrected chi connectivity index (χ4v) is 2.23. The highest BCUT2D eigenvalue weighted by Crippen LogP contribution is 2.35. The van der Waals surface area contributed by atoms with Crippen LogP contribution in [0.4, 0.5) is 5.82 Å². The highest BCUT2D eigenvalue weighted by Gasteiger charge is 2.27. The SMILES string of the molecule is N#Cc1ccc([C@@H]2CC(=O)Nc3[nH]ncc32)cc1. The molecule has 3 rings (SSSR count). The van der Waals surface area contributed by atoms with E-state index < -0.39 is 0 Å². The molecule has 0 unspecified atom stereocenters. The summed E-state index contributed by atoms with van der Waals surface area (Å²) in [6.45, 7) is 0. The van der Waals surface area contributed by atoms with E-state index in [-0.39, 0.29) is 11.8 Å². The fraction of sp³-hybridized carbons (Fsp3) is 0.154. The van der Waals surface area contributed by atoms with Crippen molar-refractivity contribution >= 4 is 11.7 Å². The van der Waals surface area contributed by atoms with Crippen LogP contribution in [-0.4, -0.2) is 16.1 Å². The first-order chi connectivity index (χ1) is 8.78.